The van der Waals surface area contributed by atoms with Crippen molar-refractivity contribution in [1.82, 2.24) is 20.2 Å². The second kappa shape index (κ2) is 13.0. The molecule has 3 aromatic rings. The molecule has 9 heteroatoms. The van der Waals surface area contributed by atoms with E-state index in [9.17, 15) is 9.59 Å². The standard InChI is InChI=1S/C33H41Cl2N5O2/c1-8-15-39(6)27-18-28-26(16-24(27)31(41)37-22-12-9-20(2)10-13-22)38-29(40(28)7)17-23-25(34)14-11-21(30(23)35)19-36-32(42)33(3,4)5/h1,11,14,16,18,20,22H,9-10,12-13,15,17,19H2,2-7H3,(H,36,42)(H,37,41). The first-order valence-corrected chi connectivity index (χ1v) is 15.2. The summed E-state index contributed by atoms with van der Waals surface area (Å²) in [7, 11) is 3.83. The fourth-order valence-corrected chi connectivity index (χ4v) is 5.94. The van der Waals surface area contributed by atoms with Crippen molar-refractivity contribution in [3.05, 3.63) is 56.8 Å². The zero-order valence-corrected chi connectivity index (χ0v) is 26.9. The van der Waals surface area contributed by atoms with Crippen LogP contribution in [-0.4, -0.2) is 41.0 Å². The van der Waals surface area contributed by atoms with Crippen LogP contribution in [0.4, 0.5) is 5.69 Å². The topological polar surface area (TPSA) is 79.3 Å². The minimum Gasteiger partial charge on any atom is -0.363 e. The molecule has 1 saturated carbocycles. The lowest BCUT2D eigenvalue weighted by molar-refractivity contribution is -0.128. The smallest absolute Gasteiger partial charge is 0.253 e. The van der Waals surface area contributed by atoms with E-state index in [-0.39, 0.29) is 17.9 Å². The monoisotopic (exact) mass is 609 g/mol. The Bertz CT molecular complexity index is 1520. The van der Waals surface area contributed by atoms with Crippen molar-refractivity contribution in [3.63, 3.8) is 0 Å². The first kappa shape index (κ1) is 31.7. The summed E-state index contributed by atoms with van der Waals surface area (Å²) in [5, 5.41) is 7.23. The Balaban J connectivity index is 1.67. The zero-order valence-electron chi connectivity index (χ0n) is 25.4. The van der Waals surface area contributed by atoms with Crippen LogP contribution in [0.1, 0.15) is 80.7 Å². The van der Waals surface area contributed by atoms with Crippen LogP contribution in [0.15, 0.2) is 24.3 Å². The summed E-state index contributed by atoms with van der Waals surface area (Å²) >= 11 is 13.5. The summed E-state index contributed by atoms with van der Waals surface area (Å²) in [6, 6.07) is 7.62. The lowest BCUT2D eigenvalue weighted by atomic mass is 9.87. The predicted octanol–water partition coefficient (Wildman–Crippen LogP) is 6.51. The number of nitrogens with one attached hydrogen (secondary N) is 2. The summed E-state index contributed by atoms with van der Waals surface area (Å²) in [4.78, 5) is 32.8. The van der Waals surface area contributed by atoms with Crippen molar-refractivity contribution in [2.24, 2.45) is 18.4 Å². The van der Waals surface area contributed by atoms with E-state index in [1.165, 1.54) is 0 Å². The van der Waals surface area contributed by atoms with Crippen molar-refractivity contribution >= 4 is 51.7 Å². The van der Waals surface area contributed by atoms with Crippen LogP contribution in [0, 0.1) is 23.7 Å². The summed E-state index contributed by atoms with van der Waals surface area (Å²) in [6.07, 6.45) is 10.2. The Morgan fingerprint density at radius 1 is 1.17 bits per heavy atom. The van der Waals surface area contributed by atoms with E-state index in [2.05, 4.69) is 23.5 Å². The van der Waals surface area contributed by atoms with Crippen molar-refractivity contribution in [2.45, 2.75) is 72.4 Å². The van der Waals surface area contributed by atoms with Crippen LogP contribution in [-0.2, 0) is 24.8 Å². The number of rotatable bonds is 8. The highest BCUT2D eigenvalue weighted by Gasteiger charge is 2.25. The Morgan fingerprint density at radius 3 is 2.50 bits per heavy atom. The minimum atomic E-state index is -0.507. The number of benzene rings is 2. The highest BCUT2D eigenvalue weighted by atomic mass is 35.5. The van der Waals surface area contributed by atoms with E-state index >= 15 is 0 Å². The third-order valence-electron chi connectivity index (χ3n) is 8.15. The maximum absolute atomic E-state index is 13.6. The number of hydrogen-bond acceptors (Lipinski definition) is 4. The van der Waals surface area contributed by atoms with E-state index in [1.807, 2.05) is 62.5 Å². The lowest BCUT2D eigenvalue weighted by Crippen LogP contribution is -2.38. The fourth-order valence-electron chi connectivity index (χ4n) is 5.37. The van der Waals surface area contributed by atoms with Gasteiger partial charge in [-0.2, -0.15) is 0 Å². The van der Waals surface area contributed by atoms with Crippen LogP contribution >= 0.6 is 23.2 Å². The van der Waals surface area contributed by atoms with Gasteiger partial charge in [0.2, 0.25) is 5.91 Å². The molecule has 2 aromatic carbocycles. The highest BCUT2D eigenvalue weighted by molar-refractivity contribution is 6.36. The second-order valence-corrected chi connectivity index (χ2v) is 13.3. The van der Waals surface area contributed by atoms with Gasteiger partial charge in [-0.25, -0.2) is 4.98 Å². The van der Waals surface area contributed by atoms with E-state index in [4.69, 9.17) is 34.6 Å². The molecule has 1 aromatic heterocycles. The van der Waals surface area contributed by atoms with Crippen molar-refractivity contribution in [1.29, 1.82) is 0 Å². The summed E-state index contributed by atoms with van der Waals surface area (Å²) < 4.78 is 1.99. The van der Waals surface area contributed by atoms with Crippen LogP contribution < -0.4 is 15.5 Å². The van der Waals surface area contributed by atoms with E-state index < -0.39 is 5.41 Å². The Labute approximate surface area is 259 Å². The van der Waals surface area contributed by atoms with Gasteiger partial charge < -0.3 is 20.1 Å². The molecule has 0 unspecified atom stereocenters. The number of nitrogens with zero attached hydrogens (tertiary/aromatic N) is 3. The van der Waals surface area contributed by atoms with E-state index in [0.29, 0.717) is 46.6 Å². The first-order chi connectivity index (χ1) is 19.8. The number of anilines is 1. The molecule has 0 aliphatic heterocycles. The Morgan fingerprint density at radius 2 is 1.86 bits per heavy atom. The van der Waals surface area contributed by atoms with Gasteiger partial charge in [0.05, 0.1) is 33.9 Å². The van der Waals surface area contributed by atoms with Gasteiger partial charge in [0.25, 0.3) is 5.91 Å². The molecule has 0 atom stereocenters. The molecule has 0 bridgehead atoms. The molecule has 2 N–H and O–H groups in total. The molecule has 0 saturated heterocycles. The van der Waals surface area contributed by atoms with Crippen molar-refractivity contribution in [3.8, 4) is 12.3 Å². The SMILES string of the molecule is C#CCN(C)c1cc2c(cc1C(=O)NC1CCC(C)CC1)nc(Cc1c(Cl)ccc(CNC(=O)C(C)(C)C)c1Cl)n2C. The predicted molar refractivity (Wildman–Crippen MR) is 172 cm³/mol. The third kappa shape index (κ3) is 7.04. The normalized spacial score (nSPS) is 17.1. The van der Waals surface area contributed by atoms with Gasteiger partial charge in [-0.3, -0.25) is 9.59 Å². The summed E-state index contributed by atoms with van der Waals surface area (Å²) in [5.41, 5.74) is 3.88. The minimum absolute atomic E-state index is 0.0612. The van der Waals surface area contributed by atoms with Gasteiger partial charge in [-0.05, 0) is 60.9 Å². The summed E-state index contributed by atoms with van der Waals surface area (Å²) in [6.45, 7) is 8.52. The van der Waals surface area contributed by atoms with Gasteiger partial charge in [0.1, 0.15) is 5.82 Å². The average Bonchev–Trinajstić information content (AvgIpc) is 3.24. The van der Waals surface area contributed by atoms with E-state index in [1.54, 1.807) is 6.07 Å². The number of fused-ring (bicyclic) bond motifs is 1. The largest absolute Gasteiger partial charge is 0.363 e. The molecule has 2 amide bonds. The number of amides is 2. The number of carbonyl (C=O) groups excluding carboxylic acids is 2. The van der Waals surface area contributed by atoms with Gasteiger partial charge >= 0.3 is 0 Å². The van der Waals surface area contributed by atoms with Gasteiger partial charge in [-0.15, -0.1) is 6.42 Å². The van der Waals surface area contributed by atoms with Crippen LogP contribution in [0.2, 0.25) is 10.0 Å². The van der Waals surface area contributed by atoms with Gasteiger partial charge in [0, 0.05) is 43.5 Å². The maximum atomic E-state index is 13.6. The molecule has 7 nitrogen and oxygen atoms in total. The van der Waals surface area contributed by atoms with Crippen LogP contribution in [0.3, 0.4) is 0 Å². The Kier molecular flexibility index (Phi) is 9.80. The molecule has 42 heavy (non-hydrogen) atoms. The molecule has 1 heterocycles. The molecule has 0 spiro atoms. The number of hydrogen-bond donors (Lipinski definition) is 2. The maximum Gasteiger partial charge on any atom is 0.253 e. The lowest BCUT2D eigenvalue weighted by Gasteiger charge is -2.28. The molecule has 1 aliphatic carbocycles. The molecular formula is C33H41Cl2N5O2. The molecule has 1 aliphatic rings. The van der Waals surface area contributed by atoms with Crippen molar-refractivity contribution < 1.29 is 9.59 Å². The quantitative estimate of drug-likeness (QED) is 0.285. The molecular weight excluding hydrogens is 569 g/mol. The first-order valence-electron chi connectivity index (χ1n) is 14.5. The van der Waals surface area contributed by atoms with Crippen LogP contribution in [0.25, 0.3) is 11.0 Å². The van der Waals surface area contributed by atoms with Crippen molar-refractivity contribution in [2.75, 3.05) is 18.5 Å². The van der Waals surface area contributed by atoms with Gasteiger partial charge in [0.15, 0.2) is 0 Å². The average molecular weight is 611 g/mol. The number of terminal acetylenes is 1. The molecule has 1 fully saturated rings. The van der Waals surface area contributed by atoms with Gasteiger partial charge in [-0.1, -0.05) is 62.9 Å². The number of carbonyl (C=O) groups is 2. The zero-order chi connectivity index (χ0) is 30.8. The third-order valence-corrected chi connectivity index (χ3v) is 8.97. The molecule has 224 valence electrons. The van der Waals surface area contributed by atoms with E-state index in [0.717, 1.165) is 53.8 Å². The fraction of sp³-hybridized carbons (Fsp3) is 0.485. The summed E-state index contributed by atoms with van der Waals surface area (Å²) in [5.74, 6) is 3.95. The number of aryl methyl sites for hydroxylation is 1. The number of halogens is 2. The second-order valence-electron chi connectivity index (χ2n) is 12.5. The Hall–Kier alpha value is -3.21. The molecule has 0 radical (unpaired) electrons. The number of aromatic nitrogens is 2. The van der Waals surface area contributed by atoms with Crippen LogP contribution in [0.5, 0.6) is 0 Å². The highest BCUT2D eigenvalue weighted by Crippen LogP contribution is 2.33. The number of imidazole rings is 1. The molecule has 4 rings (SSSR count).